The first-order valence-electron chi connectivity index (χ1n) is 10.4. The fourth-order valence-electron chi connectivity index (χ4n) is 3.70. The number of morpholine rings is 1. The van der Waals surface area contributed by atoms with E-state index in [-0.39, 0.29) is 5.54 Å². The molecule has 1 saturated heterocycles. The maximum atomic E-state index is 11.6. The van der Waals surface area contributed by atoms with Crippen molar-refractivity contribution in [2.45, 2.75) is 25.8 Å². The van der Waals surface area contributed by atoms with Gasteiger partial charge in [-0.15, -0.1) is 0 Å². The average Bonchev–Trinajstić information content (AvgIpc) is 3.22. The zero-order valence-electron chi connectivity index (χ0n) is 17.9. The van der Waals surface area contributed by atoms with Crippen molar-refractivity contribution < 1.29 is 19.0 Å². The lowest BCUT2D eigenvalue weighted by Crippen LogP contribution is -2.53. The smallest absolute Gasteiger partial charge is 0.248 e. The number of pyridine rings is 1. The van der Waals surface area contributed by atoms with Gasteiger partial charge in [0, 0.05) is 30.3 Å². The minimum Gasteiger partial charge on any atom is -0.494 e. The Hall–Kier alpha value is -3.10. The van der Waals surface area contributed by atoms with Crippen LogP contribution >= 0.6 is 0 Å². The standard InChI is InChI=1S/C23H28N4O4/c1-23(2)15-29-11-9-26(23)8-3-10-30-19-4-6-20(7-5-19)31-21-13-17(22(24)28)12-18-14-25-16-27(18)21/h4-7,12-14,16H,3,8-11,15H2,1-2H3,(H2,24,28). The molecule has 4 rings (SSSR count). The summed E-state index contributed by atoms with van der Waals surface area (Å²) < 4.78 is 19.2. The lowest BCUT2D eigenvalue weighted by molar-refractivity contribution is -0.0521. The Morgan fingerprint density at radius 3 is 2.74 bits per heavy atom. The van der Waals surface area contributed by atoms with E-state index >= 15 is 0 Å². The number of carbonyl (C=O) groups excluding carboxylic acids is 1. The monoisotopic (exact) mass is 424 g/mol. The van der Waals surface area contributed by atoms with Gasteiger partial charge in [-0.05, 0) is 50.6 Å². The van der Waals surface area contributed by atoms with Crippen LogP contribution in [0.25, 0.3) is 5.52 Å². The van der Waals surface area contributed by atoms with Crippen molar-refractivity contribution in [2.75, 3.05) is 32.9 Å². The molecule has 31 heavy (non-hydrogen) atoms. The number of carbonyl (C=O) groups is 1. The fourth-order valence-corrected chi connectivity index (χ4v) is 3.70. The number of benzene rings is 1. The van der Waals surface area contributed by atoms with Crippen LogP contribution in [0.4, 0.5) is 0 Å². The summed E-state index contributed by atoms with van der Waals surface area (Å²) >= 11 is 0. The summed E-state index contributed by atoms with van der Waals surface area (Å²) in [6.07, 6.45) is 4.22. The van der Waals surface area contributed by atoms with Crippen LogP contribution in [0.2, 0.25) is 0 Å². The summed E-state index contributed by atoms with van der Waals surface area (Å²) in [5, 5.41) is 0. The van der Waals surface area contributed by atoms with Gasteiger partial charge in [-0.3, -0.25) is 14.1 Å². The summed E-state index contributed by atoms with van der Waals surface area (Å²) in [5.41, 5.74) is 6.60. The van der Waals surface area contributed by atoms with Crippen LogP contribution in [0.1, 0.15) is 30.6 Å². The average molecular weight is 425 g/mol. The number of primary amides is 1. The van der Waals surface area contributed by atoms with E-state index in [2.05, 4.69) is 23.7 Å². The van der Waals surface area contributed by atoms with Crippen molar-refractivity contribution in [1.82, 2.24) is 14.3 Å². The Bertz CT molecular complexity index is 1050. The van der Waals surface area contributed by atoms with Crippen molar-refractivity contribution in [1.29, 1.82) is 0 Å². The molecule has 3 aromatic rings. The van der Waals surface area contributed by atoms with E-state index in [0.29, 0.717) is 23.8 Å². The first kappa shape index (κ1) is 21.1. The molecule has 1 aliphatic heterocycles. The summed E-state index contributed by atoms with van der Waals surface area (Å²) in [5.74, 6) is 1.36. The zero-order valence-corrected chi connectivity index (χ0v) is 17.9. The highest BCUT2D eigenvalue weighted by Gasteiger charge is 2.29. The van der Waals surface area contributed by atoms with Crippen LogP contribution < -0.4 is 15.2 Å². The molecule has 3 heterocycles. The highest BCUT2D eigenvalue weighted by molar-refractivity contribution is 5.94. The molecular weight excluding hydrogens is 396 g/mol. The number of amides is 1. The van der Waals surface area contributed by atoms with E-state index in [1.807, 2.05) is 24.3 Å². The molecule has 0 spiro atoms. The van der Waals surface area contributed by atoms with Gasteiger partial charge >= 0.3 is 0 Å². The zero-order chi connectivity index (χ0) is 21.8. The Morgan fingerprint density at radius 2 is 2.00 bits per heavy atom. The van der Waals surface area contributed by atoms with Crippen LogP contribution in [-0.2, 0) is 4.74 Å². The quantitative estimate of drug-likeness (QED) is 0.559. The normalized spacial score (nSPS) is 16.3. The van der Waals surface area contributed by atoms with Crippen LogP contribution in [0.5, 0.6) is 17.4 Å². The van der Waals surface area contributed by atoms with Gasteiger partial charge in [0.25, 0.3) is 0 Å². The lowest BCUT2D eigenvalue weighted by Gasteiger charge is -2.42. The summed E-state index contributed by atoms with van der Waals surface area (Å²) in [7, 11) is 0. The topological polar surface area (TPSA) is 91.3 Å². The Morgan fingerprint density at radius 1 is 1.23 bits per heavy atom. The van der Waals surface area contributed by atoms with E-state index in [1.165, 1.54) is 0 Å². The Balaban J connectivity index is 1.33. The van der Waals surface area contributed by atoms with Gasteiger partial charge in [0.1, 0.15) is 17.8 Å². The molecule has 0 aliphatic carbocycles. The number of nitrogens with zero attached hydrogens (tertiary/aromatic N) is 3. The number of rotatable bonds is 8. The summed E-state index contributed by atoms with van der Waals surface area (Å²) in [6, 6.07) is 10.7. The van der Waals surface area contributed by atoms with E-state index in [0.717, 1.165) is 44.0 Å². The van der Waals surface area contributed by atoms with Crippen LogP contribution in [-0.4, -0.2) is 58.6 Å². The Labute approximate surface area is 181 Å². The van der Waals surface area contributed by atoms with Crippen LogP contribution in [0, 0.1) is 0 Å². The first-order chi connectivity index (χ1) is 14.9. The minimum atomic E-state index is -0.516. The van der Waals surface area contributed by atoms with Crippen molar-refractivity contribution in [3.63, 3.8) is 0 Å². The first-order valence-corrected chi connectivity index (χ1v) is 10.4. The third-order valence-electron chi connectivity index (χ3n) is 5.48. The summed E-state index contributed by atoms with van der Waals surface area (Å²) in [4.78, 5) is 18.1. The molecule has 1 aromatic carbocycles. The lowest BCUT2D eigenvalue weighted by atomic mass is 10.0. The van der Waals surface area contributed by atoms with E-state index in [9.17, 15) is 4.79 Å². The number of imidazole rings is 1. The second-order valence-corrected chi connectivity index (χ2v) is 8.26. The van der Waals surface area contributed by atoms with Crippen LogP contribution in [0.15, 0.2) is 48.9 Å². The fraction of sp³-hybridized carbons (Fsp3) is 0.391. The van der Waals surface area contributed by atoms with Crippen molar-refractivity contribution in [3.05, 3.63) is 54.5 Å². The predicted octanol–water partition coefficient (Wildman–Crippen LogP) is 3.11. The molecule has 0 unspecified atom stereocenters. The molecule has 8 nitrogen and oxygen atoms in total. The Kier molecular flexibility index (Phi) is 6.11. The second-order valence-electron chi connectivity index (χ2n) is 8.26. The molecule has 164 valence electrons. The third-order valence-corrected chi connectivity index (χ3v) is 5.48. The molecule has 0 saturated carbocycles. The molecule has 1 aliphatic rings. The molecule has 8 heteroatoms. The number of fused-ring (bicyclic) bond motifs is 1. The van der Waals surface area contributed by atoms with Gasteiger partial charge in [0.15, 0.2) is 0 Å². The third kappa shape index (κ3) is 4.98. The van der Waals surface area contributed by atoms with Crippen LogP contribution in [0.3, 0.4) is 0 Å². The number of aromatic nitrogens is 2. The maximum absolute atomic E-state index is 11.6. The number of hydrogen-bond donors (Lipinski definition) is 1. The van der Waals surface area contributed by atoms with Gasteiger partial charge in [0.2, 0.25) is 11.8 Å². The highest BCUT2D eigenvalue weighted by atomic mass is 16.5. The van der Waals surface area contributed by atoms with Gasteiger partial charge in [-0.1, -0.05) is 0 Å². The maximum Gasteiger partial charge on any atom is 0.248 e. The predicted molar refractivity (Wildman–Crippen MR) is 117 cm³/mol. The van der Waals surface area contributed by atoms with Gasteiger partial charge in [-0.25, -0.2) is 4.98 Å². The molecular formula is C23H28N4O4. The van der Waals surface area contributed by atoms with E-state index in [4.69, 9.17) is 19.9 Å². The minimum absolute atomic E-state index is 0.0731. The van der Waals surface area contributed by atoms with Gasteiger partial charge in [-0.2, -0.15) is 0 Å². The number of ether oxygens (including phenoxy) is 3. The van der Waals surface area contributed by atoms with Crippen molar-refractivity contribution in [2.24, 2.45) is 5.73 Å². The molecule has 2 aromatic heterocycles. The molecule has 0 radical (unpaired) electrons. The second kappa shape index (κ2) is 8.95. The number of nitrogens with two attached hydrogens (primary N) is 1. The highest BCUT2D eigenvalue weighted by Crippen LogP contribution is 2.26. The van der Waals surface area contributed by atoms with Crippen molar-refractivity contribution >= 4 is 11.4 Å². The van der Waals surface area contributed by atoms with Crippen molar-refractivity contribution in [3.8, 4) is 17.4 Å². The van der Waals surface area contributed by atoms with Gasteiger partial charge < -0.3 is 19.9 Å². The largest absolute Gasteiger partial charge is 0.494 e. The van der Waals surface area contributed by atoms with E-state index < -0.39 is 5.91 Å². The van der Waals surface area contributed by atoms with Gasteiger partial charge in [0.05, 0.1) is 31.5 Å². The molecule has 1 fully saturated rings. The molecule has 1 amide bonds. The molecule has 0 bridgehead atoms. The SMILES string of the molecule is CC1(C)COCCN1CCCOc1ccc(Oc2cc(C(N)=O)cc3cncn23)cc1. The number of hydrogen-bond acceptors (Lipinski definition) is 6. The van der Waals surface area contributed by atoms with E-state index in [1.54, 1.807) is 29.1 Å². The molecule has 0 atom stereocenters. The molecule has 2 N–H and O–H groups in total. The summed E-state index contributed by atoms with van der Waals surface area (Å²) in [6.45, 7) is 8.56.